The molecule has 1 aromatic carbocycles. The molecule has 0 heterocycles. The molecule has 17 heavy (non-hydrogen) atoms. The monoisotopic (exact) mass is 252 g/mol. The Balaban J connectivity index is 1.87. The van der Waals surface area contributed by atoms with E-state index in [2.05, 4.69) is 5.32 Å². The highest BCUT2D eigenvalue weighted by atomic mass is 35.5. The van der Waals surface area contributed by atoms with Crippen LogP contribution in [-0.4, -0.2) is 12.5 Å². The standard InChI is InChI=1S/C13H17ClN2O/c14-11-6-2-5-10(12(11)15)13(17)16-8-7-9-3-1-4-9/h2,5-6,9H,1,3-4,7-8,15H2,(H,16,17). The minimum Gasteiger partial charge on any atom is -0.397 e. The molecule has 0 bridgehead atoms. The van der Waals surface area contributed by atoms with E-state index in [0.717, 1.165) is 18.9 Å². The van der Waals surface area contributed by atoms with Gasteiger partial charge in [0.05, 0.1) is 16.3 Å². The normalized spacial score (nSPS) is 15.4. The fourth-order valence-corrected chi connectivity index (χ4v) is 2.18. The van der Waals surface area contributed by atoms with Gasteiger partial charge in [0.15, 0.2) is 0 Å². The van der Waals surface area contributed by atoms with Crippen molar-refractivity contribution < 1.29 is 4.79 Å². The number of amides is 1. The zero-order valence-corrected chi connectivity index (χ0v) is 10.5. The van der Waals surface area contributed by atoms with Gasteiger partial charge >= 0.3 is 0 Å². The summed E-state index contributed by atoms with van der Waals surface area (Å²) < 4.78 is 0. The molecule has 4 heteroatoms. The summed E-state index contributed by atoms with van der Waals surface area (Å²) in [6.45, 7) is 0.718. The maximum atomic E-state index is 11.9. The molecule has 3 N–H and O–H groups in total. The minimum absolute atomic E-state index is 0.135. The Bertz CT molecular complexity index is 416. The van der Waals surface area contributed by atoms with Crippen LogP contribution in [0.1, 0.15) is 36.0 Å². The lowest BCUT2D eigenvalue weighted by molar-refractivity contribution is 0.0950. The number of para-hydroxylation sites is 1. The molecule has 1 aliphatic carbocycles. The molecule has 0 spiro atoms. The van der Waals surface area contributed by atoms with Crippen molar-refractivity contribution in [3.63, 3.8) is 0 Å². The van der Waals surface area contributed by atoms with Crippen LogP contribution in [0, 0.1) is 5.92 Å². The summed E-state index contributed by atoms with van der Waals surface area (Å²) in [4.78, 5) is 11.9. The van der Waals surface area contributed by atoms with Gasteiger partial charge < -0.3 is 11.1 Å². The van der Waals surface area contributed by atoms with E-state index in [-0.39, 0.29) is 5.91 Å². The highest BCUT2D eigenvalue weighted by Crippen LogP contribution is 2.28. The average Bonchev–Trinajstić information content (AvgIpc) is 2.25. The Morgan fingerprint density at radius 3 is 2.88 bits per heavy atom. The maximum absolute atomic E-state index is 11.9. The number of rotatable bonds is 4. The van der Waals surface area contributed by atoms with Crippen molar-refractivity contribution in [3.05, 3.63) is 28.8 Å². The van der Waals surface area contributed by atoms with Crippen molar-refractivity contribution in [3.8, 4) is 0 Å². The number of carbonyl (C=O) groups is 1. The highest BCUT2D eigenvalue weighted by Gasteiger charge is 2.17. The Kier molecular flexibility index (Phi) is 3.89. The third kappa shape index (κ3) is 2.91. The average molecular weight is 253 g/mol. The molecule has 3 nitrogen and oxygen atoms in total. The fraction of sp³-hybridized carbons (Fsp3) is 0.462. The number of hydrogen-bond donors (Lipinski definition) is 2. The lowest BCUT2D eigenvalue weighted by Gasteiger charge is -2.25. The Morgan fingerprint density at radius 1 is 1.47 bits per heavy atom. The summed E-state index contributed by atoms with van der Waals surface area (Å²) >= 11 is 5.87. The summed E-state index contributed by atoms with van der Waals surface area (Å²) in [5.74, 6) is 0.663. The molecule has 1 aliphatic rings. The van der Waals surface area contributed by atoms with Gasteiger partial charge in [-0.15, -0.1) is 0 Å². The largest absolute Gasteiger partial charge is 0.397 e. The lowest BCUT2D eigenvalue weighted by Crippen LogP contribution is -2.28. The number of carbonyl (C=O) groups excluding carboxylic acids is 1. The zero-order chi connectivity index (χ0) is 12.3. The first-order valence-electron chi connectivity index (χ1n) is 6.00. The van der Waals surface area contributed by atoms with Gasteiger partial charge in [-0.25, -0.2) is 0 Å². The summed E-state index contributed by atoms with van der Waals surface area (Å²) in [7, 11) is 0. The molecule has 0 aromatic heterocycles. The van der Waals surface area contributed by atoms with E-state index in [4.69, 9.17) is 17.3 Å². The van der Waals surface area contributed by atoms with Crippen LogP contribution in [0.5, 0.6) is 0 Å². The first kappa shape index (κ1) is 12.2. The molecule has 1 saturated carbocycles. The van der Waals surface area contributed by atoms with Crippen LogP contribution in [0.15, 0.2) is 18.2 Å². The van der Waals surface area contributed by atoms with Gasteiger partial charge in [0.2, 0.25) is 0 Å². The van der Waals surface area contributed by atoms with Crippen molar-refractivity contribution in [2.24, 2.45) is 5.92 Å². The third-order valence-corrected chi connectivity index (χ3v) is 3.69. The second-order valence-corrected chi connectivity index (χ2v) is 4.95. The molecular weight excluding hydrogens is 236 g/mol. The van der Waals surface area contributed by atoms with Gasteiger partial charge in [-0.05, 0) is 24.5 Å². The van der Waals surface area contributed by atoms with Crippen LogP contribution in [-0.2, 0) is 0 Å². The van der Waals surface area contributed by atoms with Crippen LogP contribution in [0.25, 0.3) is 0 Å². The van der Waals surface area contributed by atoms with Crippen molar-refractivity contribution in [2.45, 2.75) is 25.7 Å². The van der Waals surface area contributed by atoms with E-state index in [1.807, 2.05) is 0 Å². The molecule has 2 rings (SSSR count). The van der Waals surface area contributed by atoms with Gasteiger partial charge in [0, 0.05) is 6.54 Å². The SMILES string of the molecule is Nc1c(Cl)cccc1C(=O)NCCC1CCC1. The molecule has 1 aromatic rings. The van der Waals surface area contributed by atoms with Crippen molar-refractivity contribution in [1.82, 2.24) is 5.32 Å². The Morgan fingerprint density at radius 2 is 2.24 bits per heavy atom. The van der Waals surface area contributed by atoms with Gasteiger partial charge in [-0.3, -0.25) is 4.79 Å². The molecule has 1 amide bonds. The number of nitrogen functional groups attached to an aromatic ring is 1. The van der Waals surface area contributed by atoms with Crippen molar-refractivity contribution in [2.75, 3.05) is 12.3 Å². The second-order valence-electron chi connectivity index (χ2n) is 4.54. The highest BCUT2D eigenvalue weighted by molar-refractivity contribution is 6.33. The van der Waals surface area contributed by atoms with Gasteiger partial charge in [0.1, 0.15) is 0 Å². The third-order valence-electron chi connectivity index (χ3n) is 3.36. The number of nitrogens with two attached hydrogens (primary N) is 1. The molecule has 1 fully saturated rings. The molecule has 92 valence electrons. The van der Waals surface area contributed by atoms with Gasteiger partial charge in [0.25, 0.3) is 5.91 Å². The molecule has 0 aliphatic heterocycles. The topological polar surface area (TPSA) is 55.1 Å². The molecule has 0 unspecified atom stereocenters. The van der Waals surface area contributed by atoms with Crippen LogP contribution >= 0.6 is 11.6 Å². The van der Waals surface area contributed by atoms with E-state index in [9.17, 15) is 4.79 Å². The summed E-state index contributed by atoms with van der Waals surface area (Å²) in [6, 6.07) is 5.11. The maximum Gasteiger partial charge on any atom is 0.253 e. The van der Waals surface area contributed by atoms with Crippen molar-refractivity contribution in [1.29, 1.82) is 0 Å². The predicted molar refractivity (Wildman–Crippen MR) is 70.2 cm³/mol. The van der Waals surface area contributed by atoms with Crippen molar-refractivity contribution >= 4 is 23.2 Å². The number of anilines is 1. The van der Waals surface area contributed by atoms with Crippen LogP contribution in [0.3, 0.4) is 0 Å². The molecule has 0 radical (unpaired) electrons. The number of benzene rings is 1. The van der Waals surface area contributed by atoms with Crippen LogP contribution in [0.4, 0.5) is 5.69 Å². The van der Waals surface area contributed by atoms with E-state index in [1.165, 1.54) is 19.3 Å². The molecular formula is C13H17ClN2O. The summed E-state index contributed by atoms with van der Waals surface area (Å²) in [5.41, 5.74) is 6.58. The quantitative estimate of drug-likeness (QED) is 0.810. The van der Waals surface area contributed by atoms with Crippen LogP contribution in [0.2, 0.25) is 5.02 Å². The number of nitrogens with one attached hydrogen (secondary N) is 1. The fourth-order valence-electron chi connectivity index (χ4n) is 2.00. The van der Waals surface area contributed by atoms with E-state index in [1.54, 1.807) is 18.2 Å². The number of halogens is 1. The predicted octanol–water partition coefficient (Wildman–Crippen LogP) is 2.84. The first-order chi connectivity index (χ1) is 8.18. The lowest BCUT2D eigenvalue weighted by atomic mass is 9.83. The Labute approximate surface area is 106 Å². The molecule has 0 saturated heterocycles. The zero-order valence-electron chi connectivity index (χ0n) is 9.71. The molecule has 0 atom stereocenters. The van der Waals surface area contributed by atoms with E-state index in [0.29, 0.717) is 16.3 Å². The van der Waals surface area contributed by atoms with Gasteiger partial charge in [-0.2, -0.15) is 0 Å². The van der Waals surface area contributed by atoms with Crippen LogP contribution < -0.4 is 11.1 Å². The van der Waals surface area contributed by atoms with E-state index >= 15 is 0 Å². The smallest absolute Gasteiger partial charge is 0.253 e. The van der Waals surface area contributed by atoms with E-state index < -0.39 is 0 Å². The number of hydrogen-bond acceptors (Lipinski definition) is 2. The second kappa shape index (κ2) is 5.41. The minimum atomic E-state index is -0.135. The Hall–Kier alpha value is -1.22. The summed E-state index contributed by atoms with van der Waals surface area (Å²) in [5, 5.41) is 3.32. The van der Waals surface area contributed by atoms with Gasteiger partial charge in [-0.1, -0.05) is 36.9 Å². The first-order valence-corrected chi connectivity index (χ1v) is 6.38. The summed E-state index contributed by atoms with van der Waals surface area (Å²) in [6.07, 6.45) is 5.00.